The zero-order chi connectivity index (χ0) is 18.0. The largest absolute Gasteiger partial charge is 0.497 e. The van der Waals surface area contributed by atoms with Crippen LogP contribution < -0.4 is 10.1 Å². The Morgan fingerprint density at radius 3 is 2.68 bits per heavy atom. The van der Waals surface area contributed by atoms with E-state index >= 15 is 0 Å². The fourth-order valence-corrected chi connectivity index (χ4v) is 2.46. The Kier molecular flexibility index (Phi) is 4.29. The molecule has 0 aliphatic rings. The van der Waals surface area contributed by atoms with E-state index in [1.807, 2.05) is 13.0 Å². The standard InChI is InChI=1S/C16H16N6O3/c1-10-7-11(2)21(20-10)16-14(22(23)24)15(17-9-18-16)19-12-5-4-6-13(8-12)25-3/h4-9H,1-3H3,(H,17,18,19). The van der Waals surface area contributed by atoms with Crippen molar-refractivity contribution in [2.75, 3.05) is 12.4 Å². The summed E-state index contributed by atoms with van der Waals surface area (Å²) in [6, 6.07) is 8.85. The first-order valence-electron chi connectivity index (χ1n) is 7.43. The predicted octanol–water partition coefficient (Wildman–Crippen LogP) is 2.94. The van der Waals surface area contributed by atoms with Crippen molar-refractivity contribution in [1.29, 1.82) is 0 Å². The summed E-state index contributed by atoms with van der Waals surface area (Å²) in [5.41, 5.74) is 1.84. The lowest BCUT2D eigenvalue weighted by atomic mass is 10.3. The third kappa shape index (κ3) is 3.25. The highest BCUT2D eigenvalue weighted by atomic mass is 16.6. The van der Waals surface area contributed by atoms with Gasteiger partial charge in [-0.3, -0.25) is 10.1 Å². The minimum absolute atomic E-state index is 0.0795. The summed E-state index contributed by atoms with van der Waals surface area (Å²) in [4.78, 5) is 19.2. The molecule has 0 atom stereocenters. The molecule has 9 nitrogen and oxygen atoms in total. The quantitative estimate of drug-likeness (QED) is 0.562. The van der Waals surface area contributed by atoms with Gasteiger partial charge in [0.2, 0.25) is 11.6 Å². The molecule has 1 aromatic carbocycles. The molecule has 1 N–H and O–H groups in total. The fraction of sp³-hybridized carbons (Fsp3) is 0.188. The summed E-state index contributed by atoms with van der Waals surface area (Å²) in [6.45, 7) is 3.62. The molecular formula is C16H16N6O3. The van der Waals surface area contributed by atoms with Crippen molar-refractivity contribution in [3.05, 3.63) is 58.2 Å². The molecule has 9 heteroatoms. The maximum absolute atomic E-state index is 11.7. The number of hydrogen-bond donors (Lipinski definition) is 1. The van der Waals surface area contributed by atoms with Crippen LogP contribution in [0.3, 0.4) is 0 Å². The molecule has 3 aromatic rings. The van der Waals surface area contributed by atoms with E-state index in [9.17, 15) is 10.1 Å². The van der Waals surface area contributed by atoms with E-state index in [0.717, 1.165) is 11.4 Å². The van der Waals surface area contributed by atoms with Gasteiger partial charge in [0.05, 0.1) is 17.7 Å². The van der Waals surface area contributed by atoms with Crippen LogP contribution in [0.5, 0.6) is 5.75 Å². The molecule has 128 valence electrons. The average Bonchev–Trinajstić information content (AvgIpc) is 2.93. The molecule has 3 rings (SSSR count). The summed E-state index contributed by atoms with van der Waals surface area (Å²) in [6.07, 6.45) is 1.27. The lowest BCUT2D eigenvalue weighted by molar-refractivity contribution is -0.384. The Labute approximate surface area is 143 Å². The highest BCUT2D eigenvalue weighted by molar-refractivity contribution is 5.70. The topological polar surface area (TPSA) is 108 Å². The Hall–Kier alpha value is -3.49. The summed E-state index contributed by atoms with van der Waals surface area (Å²) in [7, 11) is 1.55. The van der Waals surface area contributed by atoms with Crippen LogP contribution in [0.2, 0.25) is 0 Å². The number of nitro groups is 1. The predicted molar refractivity (Wildman–Crippen MR) is 91.6 cm³/mol. The second-order valence-electron chi connectivity index (χ2n) is 5.35. The first kappa shape index (κ1) is 16.4. The van der Waals surface area contributed by atoms with Crippen LogP contribution in [0, 0.1) is 24.0 Å². The van der Waals surface area contributed by atoms with Gasteiger partial charge in [-0.25, -0.2) is 14.6 Å². The van der Waals surface area contributed by atoms with Gasteiger partial charge >= 0.3 is 5.69 Å². The van der Waals surface area contributed by atoms with E-state index in [2.05, 4.69) is 20.4 Å². The molecule has 25 heavy (non-hydrogen) atoms. The number of hydrogen-bond acceptors (Lipinski definition) is 7. The van der Waals surface area contributed by atoms with Crippen LogP contribution in [0.1, 0.15) is 11.4 Å². The molecule has 0 aliphatic carbocycles. The molecule has 2 heterocycles. The minimum Gasteiger partial charge on any atom is -0.497 e. The molecule has 0 fully saturated rings. The number of rotatable bonds is 5. The Morgan fingerprint density at radius 1 is 1.24 bits per heavy atom. The molecule has 0 amide bonds. The lowest BCUT2D eigenvalue weighted by Crippen LogP contribution is -2.09. The molecule has 0 radical (unpaired) electrons. The van der Waals surface area contributed by atoms with Crippen LogP contribution in [0.15, 0.2) is 36.7 Å². The van der Waals surface area contributed by atoms with Gasteiger partial charge in [-0.05, 0) is 32.0 Å². The Balaban J connectivity index is 2.09. The maximum atomic E-state index is 11.7. The Bertz CT molecular complexity index is 937. The Morgan fingerprint density at radius 2 is 2.04 bits per heavy atom. The van der Waals surface area contributed by atoms with Crippen molar-refractivity contribution in [2.24, 2.45) is 0 Å². The summed E-state index contributed by atoms with van der Waals surface area (Å²) >= 11 is 0. The smallest absolute Gasteiger partial charge is 0.355 e. The third-order valence-electron chi connectivity index (χ3n) is 3.53. The van der Waals surface area contributed by atoms with Gasteiger partial charge in [-0.1, -0.05) is 6.07 Å². The van der Waals surface area contributed by atoms with E-state index in [-0.39, 0.29) is 17.3 Å². The molecule has 0 saturated heterocycles. The SMILES string of the molecule is COc1cccc(Nc2ncnc(-n3nc(C)cc3C)c2[N+](=O)[O-])c1. The second-order valence-corrected chi connectivity index (χ2v) is 5.35. The van der Waals surface area contributed by atoms with Gasteiger partial charge in [-0.15, -0.1) is 0 Å². The summed E-state index contributed by atoms with van der Waals surface area (Å²) in [5, 5.41) is 18.9. The molecule has 0 spiro atoms. The van der Waals surface area contributed by atoms with Crippen LogP contribution >= 0.6 is 0 Å². The van der Waals surface area contributed by atoms with Crippen molar-refractivity contribution in [3.63, 3.8) is 0 Å². The van der Waals surface area contributed by atoms with Gasteiger partial charge in [0.15, 0.2) is 0 Å². The van der Waals surface area contributed by atoms with Gasteiger partial charge in [0.25, 0.3) is 0 Å². The van der Waals surface area contributed by atoms with E-state index < -0.39 is 4.92 Å². The zero-order valence-electron chi connectivity index (χ0n) is 13.9. The van der Waals surface area contributed by atoms with Crippen molar-refractivity contribution >= 4 is 17.2 Å². The fourth-order valence-electron chi connectivity index (χ4n) is 2.46. The number of nitrogens with zero attached hydrogens (tertiary/aromatic N) is 5. The van der Waals surface area contributed by atoms with E-state index in [4.69, 9.17) is 4.74 Å². The molecule has 0 unspecified atom stereocenters. The van der Waals surface area contributed by atoms with E-state index in [1.54, 1.807) is 38.3 Å². The van der Waals surface area contributed by atoms with Gasteiger partial charge in [0, 0.05) is 17.4 Å². The summed E-state index contributed by atoms with van der Waals surface area (Å²) in [5.74, 6) is 0.812. The average molecular weight is 340 g/mol. The first-order chi connectivity index (χ1) is 12.0. The third-order valence-corrected chi connectivity index (χ3v) is 3.53. The van der Waals surface area contributed by atoms with Crippen molar-refractivity contribution in [1.82, 2.24) is 19.7 Å². The van der Waals surface area contributed by atoms with Gasteiger partial charge in [0.1, 0.15) is 12.1 Å². The molecule has 0 aliphatic heterocycles. The molecule has 0 bridgehead atoms. The van der Waals surface area contributed by atoms with E-state index in [1.165, 1.54) is 11.0 Å². The first-order valence-corrected chi connectivity index (χ1v) is 7.43. The van der Waals surface area contributed by atoms with Crippen molar-refractivity contribution in [3.8, 4) is 11.6 Å². The number of benzene rings is 1. The van der Waals surface area contributed by atoms with Crippen LogP contribution in [-0.2, 0) is 0 Å². The molecule has 2 aromatic heterocycles. The lowest BCUT2D eigenvalue weighted by Gasteiger charge is -2.10. The minimum atomic E-state index is -0.520. The van der Waals surface area contributed by atoms with Crippen LogP contribution in [0.4, 0.5) is 17.2 Å². The van der Waals surface area contributed by atoms with Crippen molar-refractivity contribution < 1.29 is 9.66 Å². The van der Waals surface area contributed by atoms with Gasteiger partial charge in [-0.2, -0.15) is 5.10 Å². The zero-order valence-corrected chi connectivity index (χ0v) is 13.9. The normalized spacial score (nSPS) is 10.5. The highest BCUT2D eigenvalue weighted by Gasteiger charge is 2.26. The van der Waals surface area contributed by atoms with Crippen LogP contribution in [0.25, 0.3) is 5.82 Å². The number of ether oxygens (including phenoxy) is 1. The summed E-state index contributed by atoms with van der Waals surface area (Å²) < 4.78 is 6.60. The van der Waals surface area contributed by atoms with Crippen molar-refractivity contribution in [2.45, 2.75) is 13.8 Å². The number of anilines is 2. The molecular weight excluding hydrogens is 324 g/mol. The highest BCUT2D eigenvalue weighted by Crippen LogP contribution is 2.31. The maximum Gasteiger partial charge on any atom is 0.355 e. The number of nitrogens with one attached hydrogen (secondary N) is 1. The number of methoxy groups -OCH3 is 1. The van der Waals surface area contributed by atoms with E-state index in [0.29, 0.717) is 11.4 Å². The monoisotopic (exact) mass is 340 g/mol. The second kappa shape index (κ2) is 6.56. The number of aryl methyl sites for hydroxylation is 2. The van der Waals surface area contributed by atoms with Gasteiger partial charge < -0.3 is 10.1 Å². The molecule has 0 saturated carbocycles. The van der Waals surface area contributed by atoms with Crippen LogP contribution in [-0.4, -0.2) is 31.8 Å². The number of aromatic nitrogens is 4.